The fourth-order valence-electron chi connectivity index (χ4n) is 0.884. The fourth-order valence-corrected chi connectivity index (χ4v) is 0.884. The third-order valence-electron chi connectivity index (χ3n) is 1.51. The summed E-state index contributed by atoms with van der Waals surface area (Å²) in [5.41, 5.74) is 0.734. The molecule has 0 aromatic carbocycles. The summed E-state index contributed by atoms with van der Waals surface area (Å²) in [5, 5.41) is 12.8. The van der Waals surface area contributed by atoms with Crippen molar-refractivity contribution >= 4 is 5.95 Å². The monoisotopic (exact) mass is 194 g/mol. The van der Waals surface area contributed by atoms with E-state index in [4.69, 9.17) is 0 Å². The van der Waals surface area contributed by atoms with Gasteiger partial charge in [0.15, 0.2) is 5.82 Å². The summed E-state index contributed by atoms with van der Waals surface area (Å²) in [6.45, 7) is 0.447. The Balaban J connectivity index is 1.95. The van der Waals surface area contributed by atoms with Gasteiger partial charge in [-0.3, -0.25) is 0 Å². The smallest absolute Gasteiger partial charge is 0.223 e. The number of nitrogens with one attached hydrogen (secondary N) is 2. The van der Waals surface area contributed by atoms with Crippen LogP contribution >= 0.6 is 0 Å². The molecule has 0 aliphatic carbocycles. The van der Waals surface area contributed by atoms with E-state index in [1.807, 2.05) is 0 Å². The molecule has 0 saturated carbocycles. The van der Waals surface area contributed by atoms with E-state index in [0.717, 1.165) is 18.1 Å². The highest BCUT2D eigenvalue weighted by atomic mass is 19.1. The van der Waals surface area contributed by atoms with Crippen LogP contribution < -0.4 is 5.32 Å². The summed E-state index contributed by atoms with van der Waals surface area (Å²) in [7, 11) is 0. The predicted molar refractivity (Wildman–Crippen MR) is 45.7 cm³/mol. The van der Waals surface area contributed by atoms with Gasteiger partial charge in [0, 0.05) is 0 Å². The highest BCUT2D eigenvalue weighted by Crippen LogP contribution is 1.99. The first kappa shape index (κ1) is 8.54. The van der Waals surface area contributed by atoms with Gasteiger partial charge in [-0.15, -0.1) is 0 Å². The quantitative estimate of drug-likeness (QED) is 0.736. The van der Waals surface area contributed by atoms with E-state index in [9.17, 15) is 4.39 Å². The Bertz CT molecular complexity index is 383. The molecular formula is C7H7FN6. The van der Waals surface area contributed by atoms with Crippen molar-refractivity contribution in [2.75, 3.05) is 5.32 Å². The molecule has 0 aliphatic rings. The van der Waals surface area contributed by atoms with Crippen molar-refractivity contribution in [1.29, 1.82) is 0 Å². The summed E-state index contributed by atoms with van der Waals surface area (Å²) in [4.78, 5) is 7.44. The van der Waals surface area contributed by atoms with E-state index in [1.54, 1.807) is 6.20 Å². The SMILES string of the molecule is Fc1cnc(NCc2cn[nH]n2)nc1. The van der Waals surface area contributed by atoms with Crippen molar-refractivity contribution < 1.29 is 4.39 Å². The van der Waals surface area contributed by atoms with Gasteiger partial charge in [0.25, 0.3) is 0 Å². The van der Waals surface area contributed by atoms with Crippen molar-refractivity contribution in [2.24, 2.45) is 0 Å². The number of aromatic nitrogens is 5. The lowest BCUT2D eigenvalue weighted by molar-refractivity contribution is 0.614. The predicted octanol–water partition coefficient (Wildman–Crippen LogP) is 0.346. The second-order valence-corrected chi connectivity index (χ2v) is 2.54. The van der Waals surface area contributed by atoms with Gasteiger partial charge in [-0.2, -0.15) is 15.4 Å². The third-order valence-corrected chi connectivity index (χ3v) is 1.51. The minimum atomic E-state index is -0.461. The van der Waals surface area contributed by atoms with Gasteiger partial charge in [-0.25, -0.2) is 14.4 Å². The molecule has 0 unspecified atom stereocenters. The van der Waals surface area contributed by atoms with Gasteiger partial charge in [-0.1, -0.05) is 0 Å². The molecule has 72 valence electrons. The van der Waals surface area contributed by atoms with Gasteiger partial charge < -0.3 is 5.32 Å². The van der Waals surface area contributed by atoms with Crippen molar-refractivity contribution in [3.63, 3.8) is 0 Å². The van der Waals surface area contributed by atoms with Crippen molar-refractivity contribution in [3.8, 4) is 0 Å². The zero-order valence-electron chi connectivity index (χ0n) is 7.11. The van der Waals surface area contributed by atoms with Crippen LogP contribution in [0.25, 0.3) is 0 Å². The molecule has 0 spiro atoms. The molecule has 2 N–H and O–H groups in total. The largest absolute Gasteiger partial charge is 0.348 e. The standard InChI is InChI=1S/C7H7FN6/c8-5-1-9-7(10-2-5)11-3-6-4-12-14-13-6/h1-2,4H,3H2,(H,9,10,11)(H,12,13,14). The van der Waals surface area contributed by atoms with Gasteiger partial charge >= 0.3 is 0 Å². The second kappa shape index (κ2) is 3.77. The molecule has 2 aromatic rings. The number of hydrogen-bond donors (Lipinski definition) is 2. The number of aromatic amines is 1. The molecule has 2 aromatic heterocycles. The first-order valence-corrected chi connectivity index (χ1v) is 3.90. The lowest BCUT2D eigenvalue weighted by Gasteiger charge is -2.00. The summed E-state index contributed by atoms with van der Waals surface area (Å²) in [6, 6.07) is 0. The van der Waals surface area contributed by atoms with E-state index in [0.29, 0.717) is 12.5 Å². The number of halogens is 1. The van der Waals surface area contributed by atoms with Crippen LogP contribution in [0.4, 0.5) is 10.3 Å². The van der Waals surface area contributed by atoms with Crippen LogP contribution in [0, 0.1) is 5.82 Å². The number of H-pyrrole nitrogens is 1. The molecule has 7 heteroatoms. The van der Waals surface area contributed by atoms with E-state index >= 15 is 0 Å². The maximum absolute atomic E-state index is 12.4. The summed E-state index contributed by atoms with van der Waals surface area (Å²) < 4.78 is 12.4. The molecule has 0 atom stereocenters. The zero-order valence-corrected chi connectivity index (χ0v) is 7.11. The average molecular weight is 194 g/mol. The highest BCUT2D eigenvalue weighted by molar-refractivity contribution is 5.23. The molecular weight excluding hydrogens is 187 g/mol. The van der Waals surface area contributed by atoms with Crippen molar-refractivity contribution in [2.45, 2.75) is 6.54 Å². The maximum Gasteiger partial charge on any atom is 0.223 e. The number of nitrogens with zero attached hydrogens (tertiary/aromatic N) is 4. The van der Waals surface area contributed by atoms with Crippen molar-refractivity contribution in [1.82, 2.24) is 25.4 Å². The number of anilines is 1. The number of hydrogen-bond acceptors (Lipinski definition) is 5. The second-order valence-electron chi connectivity index (χ2n) is 2.54. The van der Waals surface area contributed by atoms with Crippen LogP contribution in [0.2, 0.25) is 0 Å². The van der Waals surface area contributed by atoms with Crippen LogP contribution in [0.15, 0.2) is 18.6 Å². The Morgan fingerprint density at radius 1 is 1.29 bits per heavy atom. The molecule has 0 fully saturated rings. The van der Waals surface area contributed by atoms with Crippen LogP contribution in [0.1, 0.15) is 5.69 Å². The van der Waals surface area contributed by atoms with Crippen LogP contribution in [0.3, 0.4) is 0 Å². The van der Waals surface area contributed by atoms with Crippen LogP contribution in [0.5, 0.6) is 0 Å². The summed E-state index contributed by atoms with van der Waals surface area (Å²) in [6.07, 6.45) is 3.77. The average Bonchev–Trinajstić information content (AvgIpc) is 2.70. The lowest BCUT2D eigenvalue weighted by Crippen LogP contribution is -2.03. The molecule has 6 nitrogen and oxygen atoms in total. The Hall–Kier alpha value is -2.05. The van der Waals surface area contributed by atoms with E-state index < -0.39 is 5.82 Å². The third kappa shape index (κ3) is 2.00. The highest BCUT2D eigenvalue weighted by Gasteiger charge is 1.98. The summed E-state index contributed by atoms with van der Waals surface area (Å²) in [5.74, 6) is -0.105. The van der Waals surface area contributed by atoms with E-state index in [1.165, 1.54) is 0 Å². The molecule has 0 amide bonds. The minimum Gasteiger partial charge on any atom is -0.348 e. The van der Waals surface area contributed by atoms with E-state index in [2.05, 4.69) is 30.7 Å². The molecule has 0 saturated heterocycles. The van der Waals surface area contributed by atoms with Gasteiger partial charge in [0.1, 0.15) is 5.69 Å². The molecule has 2 heterocycles. The van der Waals surface area contributed by atoms with Crippen LogP contribution in [-0.4, -0.2) is 25.4 Å². The van der Waals surface area contributed by atoms with Crippen LogP contribution in [-0.2, 0) is 6.54 Å². The first-order valence-electron chi connectivity index (χ1n) is 3.90. The van der Waals surface area contributed by atoms with E-state index in [-0.39, 0.29) is 0 Å². The van der Waals surface area contributed by atoms with Gasteiger partial charge in [0.05, 0.1) is 25.1 Å². The molecule has 0 radical (unpaired) electrons. The summed E-state index contributed by atoms with van der Waals surface area (Å²) >= 11 is 0. The minimum absolute atomic E-state index is 0.356. The maximum atomic E-state index is 12.4. The lowest BCUT2D eigenvalue weighted by atomic mass is 10.5. The fraction of sp³-hybridized carbons (Fsp3) is 0.143. The molecule has 0 bridgehead atoms. The Labute approximate surface area is 78.6 Å². The first-order chi connectivity index (χ1) is 6.84. The number of rotatable bonds is 3. The van der Waals surface area contributed by atoms with Gasteiger partial charge in [0.2, 0.25) is 5.95 Å². The molecule has 2 rings (SSSR count). The zero-order chi connectivity index (χ0) is 9.80. The Morgan fingerprint density at radius 3 is 2.71 bits per heavy atom. The topological polar surface area (TPSA) is 79.4 Å². The molecule has 0 aliphatic heterocycles. The van der Waals surface area contributed by atoms with Crippen molar-refractivity contribution in [3.05, 3.63) is 30.1 Å². The normalized spacial score (nSPS) is 10.1. The van der Waals surface area contributed by atoms with Gasteiger partial charge in [-0.05, 0) is 0 Å². The Kier molecular flexibility index (Phi) is 2.30. The Morgan fingerprint density at radius 2 is 2.07 bits per heavy atom. The molecule has 14 heavy (non-hydrogen) atoms.